The Balaban J connectivity index is 1.34. The van der Waals surface area contributed by atoms with Gasteiger partial charge in [0.15, 0.2) is 0 Å². The minimum absolute atomic E-state index is 0.120. The van der Waals surface area contributed by atoms with Crippen molar-refractivity contribution in [3.63, 3.8) is 0 Å². The Morgan fingerprint density at radius 2 is 2.04 bits per heavy atom. The number of piperidine rings is 1. The molecule has 1 amide bonds. The lowest BCUT2D eigenvalue weighted by atomic mass is 9.93. The van der Waals surface area contributed by atoms with Gasteiger partial charge in [-0.2, -0.15) is 4.98 Å². The molecule has 1 aromatic carbocycles. The SMILES string of the molecule is Cc1ccccc1C(=O)N1CCC(Cc2nc(-c3cnccn3)no2)CC1. The predicted molar refractivity (Wildman–Crippen MR) is 98.8 cm³/mol. The second kappa shape index (κ2) is 7.65. The van der Waals surface area contributed by atoms with Crippen LogP contribution in [0.25, 0.3) is 11.5 Å². The lowest BCUT2D eigenvalue weighted by molar-refractivity contribution is 0.0686. The van der Waals surface area contributed by atoms with Crippen molar-refractivity contribution >= 4 is 5.91 Å². The molecule has 3 heterocycles. The topological polar surface area (TPSA) is 85.0 Å². The molecule has 0 aliphatic carbocycles. The van der Waals surface area contributed by atoms with Gasteiger partial charge in [-0.15, -0.1) is 0 Å². The van der Waals surface area contributed by atoms with Gasteiger partial charge < -0.3 is 9.42 Å². The largest absolute Gasteiger partial charge is 0.339 e. The van der Waals surface area contributed by atoms with E-state index < -0.39 is 0 Å². The molecule has 1 aliphatic rings. The molecular formula is C20H21N5O2. The summed E-state index contributed by atoms with van der Waals surface area (Å²) in [4.78, 5) is 27.3. The standard InChI is InChI=1S/C20H21N5O2/c1-14-4-2-3-5-16(14)20(26)25-10-6-15(7-11-25)12-18-23-19(24-27-18)17-13-21-8-9-22-17/h2-5,8-9,13,15H,6-7,10-12H2,1H3. The van der Waals surface area contributed by atoms with Gasteiger partial charge in [-0.25, -0.2) is 4.98 Å². The highest BCUT2D eigenvalue weighted by Crippen LogP contribution is 2.24. The molecule has 0 N–H and O–H groups in total. The quantitative estimate of drug-likeness (QED) is 0.708. The maximum Gasteiger partial charge on any atom is 0.254 e. The van der Waals surface area contributed by atoms with E-state index in [1.54, 1.807) is 18.6 Å². The highest BCUT2D eigenvalue weighted by molar-refractivity contribution is 5.95. The van der Waals surface area contributed by atoms with Crippen molar-refractivity contribution in [1.29, 1.82) is 0 Å². The molecule has 0 unspecified atom stereocenters. The average Bonchev–Trinajstić information content (AvgIpc) is 3.18. The molecule has 2 aromatic heterocycles. The predicted octanol–water partition coefficient (Wildman–Crippen LogP) is 2.93. The number of likely N-dealkylation sites (tertiary alicyclic amines) is 1. The summed E-state index contributed by atoms with van der Waals surface area (Å²) < 4.78 is 5.37. The molecule has 27 heavy (non-hydrogen) atoms. The van der Waals surface area contributed by atoms with E-state index in [1.807, 2.05) is 36.1 Å². The lowest BCUT2D eigenvalue weighted by Gasteiger charge is -2.31. The van der Waals surface area contributed by atoms with Gasteiger partial charge in [0.1, 0.15) is 5.69 Å². The van der Waals surface area contributed by atoms with Crippen LogP contribution in [0.4, 0.5) is 0 Å². The van der Waals surface area contributed by atoms with Crippen LogP contribution >= 0.6 is 0 Å². The number of amides is 1. The van der Waals surface area contributed by atoms with E-state index in [9.17, 15) is 4.79 Å². The van der Waals surface area contributed by atoms with E-state index >= 15 is 0 Å². The van der Waals surface area contributed by atoms with Gasteiger partial charge in [0, 0.05) is 37.5 Å². The van der Waals surface area contributed by atoms with Crippen molar-refractivity contribution in [2.45, 2.75) is 26.2 Å². The number of hydrogen-bond donors (Lipinski definition) is 0. The van der Waals surface area contributed by atoms with Gasteiger partial charge in [0.05, 0.1) is 6.20 Å². The molecule has 0 bridgehead atoms. The van der Waals surface area contributed by atoms with E-state index in [1.165, 1.54) is 0 Å². The smallest absolute Gasteiger partial charge is 0.254 e. The lowest BCUT2D eigenvalue weighted by Crippen LogP contribution is -2.39. The average molecular weight is 363 g/mol. The Morgan fingerprint density at radius 1 is 1.22 bits per heavy atom. The fourth-order valence-corrected chi connectivity index (χ4v) is 3.43. The molecule has 7 nitrogen and oxygen atoms in total. The first-order chi connectivity index (χ1) is 13.2. The van der Waals surface area contributed by atoms with Gasteiger partial charge in [0.2, 0.25) is 11.7 Å². The van der Waals surface area contributed by atoms with Crippen LogP contribution in [0.2, 0.25) is 0 Å². The Morgan fingerprint density at radius 3 is 2.78 bits per heavy atom. The van der Waals surface area contributed by atoms with Crippen molar-refractivity contribution in [2.75, 3.05) is 13.1 Å². The number of rotatable bonds is 4. The number of aryl methyl sites for hydroxylation is 1. The van der Waals surface area contributed by atoms with Gasteiger partial charge >= 0.3 is 0 Å². The summed E-state index contributed by atoms with van der Waals surface area (Å²) in [5.41, 5.74) is 2.42. The second-order valence-electron chi connectivity index (χ2n) is 6.86. The summed E-state index contributed by atoms with van der Waals surface area (Å²) in [6, 6.07) is 7.75. The number of nitrogens with zero attached hydrogens (tertiary/aromatic N) is 5. The van der Waals surface area contributed by atoms with Crippen LogP contribution < -0.4 is 0 Å². The summed E-state index contributed by atoms with van der Waals surface area (Å²) >= 11 is 0. The summed E-state index contributed by atoms with van der Waals surface area (Å²) in [5.74, 6) is 1.62. The highest BCUT2D eigenvalue weighted by atomic mass is 16.5. The summed E-state index contributed by atoms with van der Waals surface area (Å²) in [6.07, 6.45) is 7.41. The first-order valence-corrected chi connectivity index (χ1v) is 9.14. The Labute approximate surface area is 157 Å². The fraction of sp³-hybridized carbons (Fsp3) is 0.350. The van der Waals surface area contributed by atoms with Crippen LogP contribution in [-0.2, 0) is 6.42 Å². The molecule has 0 atom stereocenters. The van der Waals surface area contributed by atoms with Crippen molar-refractivity contribution < 1.29 is 9.32 Å². The molecule has 3 aromatic rings. The third-order valence-electron chi connectivity index (χ3n) is 5.00. The zero-order chi connectivity index (χ0) is 18.6. The molecule has 0 saturated carbocycles. The minimum Gasteiger partial charge on any atom is -0.339 e. The molecule has 138 valence electrons. The molecule has 7 heteroatoms. The van der Waals surface area contributed by atoms with Gasteiger partial charge in [-0.3, -0.25) is 9.78 Å². The van der Waals surface area contributed by atoms with Gasteiger partial charge in [-0.1, -0.05) is 23.4 Å². The molecular weight excluding hydrogens is 342 g/mol. The first kappa shape index (κ1) is 17.3. The number of hydrogen-bond acceptors (Lipinski definition) is 6. The zero-order valence-electron chi connectivity index (χ0n) is 15.2. The van der Waals surface area contributed by atoms with E-state index in [2.05, 4.69) is 20.1 Å². The van der Waals surface area contributed by atoms with E-state index in [4.69, 9.17) is 4.52 Å². The summed E-state index contributed by atoms with van der Waals surface area (Å²) in [5, 5.41) is 3.99. The van der Waals surface area contributed by atoms with Crippen LogP contribution in [0.15, 0.2) is 47.4 Å². The van der Waals surface area contributed by atoms with E-state index in [-0.39, 0.29) is 5.91 Å². The van der Waals surface area contributed by atoms with Crippen LogP contribution in [0, 0.1) is 12.8 Å². The number of carbonyl (C=O) groups is 1. The monoisotopic (exact) mass is 363 g/mol. The number of benzene rings is 1. The normalized spacial score (nSPS) is 15.1. The minimum atomic E-state index is 0.120. The zero-order valence-corrected chi connectivity index (χ0v) is 15.2. The van der Waals surface area contributed by atoms with Crippen molar-refractivity contribution in [3.05, 3.63) is 59.9 Å². The van der Waals surface area contributed by atoms with Crippen LogP contribution in [-0.4, -0.2) is 44.0 Å². The molecule has 1 aliphatic heterocycles. The van der Waals surface area contributed by atoms with Crippen molar-refractivity contribution in [2.24, 2.45) is 5.92 Å². The molecule has 0 radical (unpaired) electrons. The summed E-state index contributed by atoms with van der Waals surface area (Å²) in [7, 11) is 0. The van der Waals surface area contributed by atoms with Gasteiger partial charge in [-0.05, 0) is 37.3 Å². The first-order valence-electron chi connectivity index (χ1n) is 9.14. The molecule has 1 fully saturated rings. The third-order valence-corrected chi connectivity index (χ3v) is 5.00. The highest BCUT2D eigenvalue weighted by Gasteiger charge is 2.26. The van der Waals surface area contributed by atoms with Gasteiger partial charge in [0.25, 0.3) is 5.91 Å². The van der Waals surface area contributed by atoms with Crippen molar-refractivity contribution in [3.8, 4) is 11.5 Å². The third kappa shape index (κ3) is 3.86. The molecule has 4 rings (SSSR count). The molecule has 1 saturated heterocycles. The fourth-order valence-electron chi connectivity index (χ4n) is 3.43. The maximum absolute atomic E-state index is 12.7. The second-order valence-corrected chi connectivity index (χ2v) is 6.86. The van der Waals surface area contributed by atoms with Crippen LogP contribution in [0.3, 0.4) is 0 Å². The van der Waals surface area contributed by atoms with Crippen LogP contribution in [0.1, 0.15) is 34.7 Å². The van der Waals surface area contributed by atoms with E-state index in [0.29, 0.717) is 23.3 Å². The number of aromatic nitrogens is 4. The Hall–Kier alpha value is -3.09. The van der Waals surface area contributed by atoms with Crippen molar-refractivity contribution in [1.82, 2.24) is 25.0 Å². The Bertz CT molecular complexity index is 917. The van der Waals surface area contributed by atoms with Crippen LogP contribution in [0.5, 0.6) is 0 Å². The molecule has 0 spiro atoms. The summed E-state index contributed by atoms with van der Waals surface area (Å²) in [6.45, 7) is 3.48. The van der Waals surface area contributed by atoms with E-state index in [0.717, 1.165) is 43.5 Å². The maximum atomic E-state index is 12.7. The Kier molecular flexibility index (Phi) is 4.91. The number of carbonyl (C=O) groups excluding carboxylic acids is 1.